The zero-order valence-corrected chi connectivity index (χ0v) is 12.2. The molecule has 1 N–H and O–H groups in total. The molecule has 2 rings (SSSR count). The molecule has 0 aliphatic rings. The summed E-state index contributed by atoms with van der Waals surface area (Å²) >= 11 is 0. The highest BCUT2D eigenvalue weighted by Crippen LogP contribution is 2.15. The maximum absolute atomic E-state index is 5.35. The lowest BCUT2D eigenvalue weighted by atomic mass is 10.1. The Morgan fingerprint density at radius 1 is 1.32 bits per heavy atom. The molecule has 2 aromatic heterocycles. The van der Waals surface area contributed by atoms with Crippen LogP contribution in [-0.2, 0) is 19.5 Å². The van der Waals surface area contributed by atoms with Crippen LogP contribution in [0.2, 0.25) is 0 Å². The van der Waals surface area contributed by atoms with Crippen molar-refractivity contribution in [3.63, 3.8) is 0 Å². The van der Waals surface area contributed by atoms with Crippen LogP contribution < -0.4 is 5.32 Å². The second-order valence-corrected chi connectivity index (χ2v) is 4.73. The molecule has 0 saturated heterocycles. The molecular formula is C14H22N4O. The molecule has 0 saturated carbocycles. The number of rotatable bonds is 6. The van der Waals surface area contributed by atoms with Crippen molar-refractivity contribution >= 4 is 0 Å². The Labute approximate surface area is 114 Å². The van der Waals surface area contributed by atoms with Crippen LogP contribution in [-0.4, -0.2) is 21.5 Å². The van der Waals surface area contributed by atoms with Crippen LogP contribution in [0.5, 0.6) is 0 Å². The van der Waals surface area contributed by atoms with Gasteiger partial charge in [-0.05, 0) is 32.4 Å². The number of hydrogen-bond acceptors (Lipinski definition) is 4. The molecule has 5 heteroatoms. The van der Waals surface area contributed by atoms with E-state index in [4.69, 9.17) is 4.52 Å². The van der Waals surface area contributed by atoms with Gasteiger partial charge in [-0.3, -0.25) is 4.68 Å². The molecule has 0 aromatic carbocycles. The highest BCUT2D eigenvalue weighted by molar-refractivity contribution is 5.24. The summed E-state index contributed by atoms with van der Waals surface area (Å²) in [5.74, 6) is 0.848. The quantitative estimate of drug-likeness (QED) is 0.867. The minimum absolute atomic E-state index is 0.645. The van der Waals surface area contributed by atoms with Crippen LogP contribution in [0.1, 0.15) is 42.3 Å². The predicted molar refractivity (Wildman–Crippen MR) is 74.1 cm³/mol. The molecule has 2 aromatic rings. The van der Waals surface area contributed by atoms with Crippen LogP contribution in [0, 0.1) is 13.8 Å². The van der Waals surface area contributed by atoms with Gasteiger partial charge in [0.1, 0.15) is 6.54 Å². The first kappa shape index (κ1) is 13.8. The summed E-state index contributed by atoms with van der Waals surface area (Å²) in [4.78, 5) is 0. The van der Waals surface area contributed by atoms with E-state index in [-0.39, 0.29) is 0 Å². The van der Waals surface area contributed by atoms with Gasteiger partial charge in [0.2, 0.25) is 0 Å². The first-order valence-corrected chi connectivity index (χ1v) is 6.83. The third kappa shape index (κ3) is 3.04. The first-order valence-electron chi connectivity index (χ1n) is 6.83. The van der Waals surface area contributed by atoms with Crippen LogP contribution in [0.4, 0.5) is 0 Å². The molecule has 104 valence electrons. The Hall–Kier alpha value is -1.62. The average Bonchev–Trinajstić information content (AvgIpc) is 2.93. The summed E-state index contributed by atoms with van der Waals surface area (Å²) in [6.45, 7) is 10.7. The fraction of sp³-hybridized carbons (Fsp3) is 0.571. The second kappa shape index (κ2) is 6.02. The van der Waals surface area contributed by atoms with Gasteiger partial charge in [-0.1, -0.05) is 19.0 Å². The predicted octanol–water partition coefficient (Wildman–Crippen LogP) is 2.21. The maximum Gasteiger partial charge on any atom is 0.158 e. The monoisotopic (exact) mass is 262 g/mol. The molecule has 0 atom stereocenters. The number of hydrogen-bond donors (Lipinski definition) is 1. The fourth-order valence-electron chi connectivity index (χ4n) is 2.31. The molecule has 0 spiro atoms. The normalized spacial score (nSPS) is 11.2. The van der Waals surface area contributed by atoms with Crippen LogP contribution >= 0.6 is 0 Å². The molecule has 0 aliphatic carbocycles. The van der Waals surface area contributed by atoms with Crippen LogP contribution in [0.25, 0.3) is 0 Å². The number of nitrogens with one attached hydrogen (secondary N) is 1. The molecular weight excluding hydrogens is 240 g/mol. The van der Waals surface area contributed by atoms with Gasteiger partial charge >= 0.3 is 0 Å². The summed E-state index contributed by atoms with van der Waals surface area (Å²) < 4.78 is 7.34. The van der Waals surface area contributed by atoms with Crippen molar-refractivity contribution in [2.45, 2.75) is 47.2 Å². The Kier molecular flexibility index (Phi) is 4.37. The maximum atomic E-state index is 5.35. The lowest BCUT2D eigenvalue weighted by molar-refractivity contribution is 0.363. The number of aryl methyl sites for hydroxylation is 1. The standard InChI is InChI=1S/C14H22N4O/c1-5-14-10(3)16-18(11(14)4)9-13-7-12(17-19-13)8-15-6-2/h7,15H,5-6,8-9H2,1-4H3. The minimum Gasteiger partial charge on any atom is -0.359 e. The second-order valence-electron chi connectivity index (χ2n) is 4.73. The highest BCUT2D eigenvalue weighted by atomic mass is 16.5. The first-order chi connectivity index (χ1) is 9.15. The third-order valence-corrected chi connectivity index (χ3v) is 3.35. The largest absolute Gasteiger partial charge is 0.359 e. The van der Waals surface area contributed by atoms with Crippen molar-refractivity contribution in [3.8, 4) is 0 Å². The molecule has 0 unspecified atom stereocenters. The van der Waals surface area contributed by atoms with Gasteiger partial charge in [0.05, 0.1) is 11.4 Å². The Morgan fingerprint density at radius 2 is 2.11 bits per heavy atom. The summed E-state index contributed by atoms with van der Waals surface area (Å²) in [6.07, 6.45) is 1.01. The van der Waals surface area contributed by atoms with E-state index in [2.05, 4.69) is 43.3 Å². The van der Waals surface area contributed by atoms with Crippen molar-refractivity contribution in [3.05, 3.63) is 34.5 Å². The molecule has 5 nitrogen and oxygen atoms in total. The Bertz CT molecular complexity index is 542. The van der Waals surface area contributed by atoms with E-state index in [1.807, 2.05) is 10.7 Å². The van der Waals surface area contributed by atoms with Crippen molar-refractivity contribution in [1.82, 2.24) is 20.3 Å². The molecule has 19 heavy (non-hydrogen) atoms. The zero-order chi connectivity index (χ0) is 13.8. The van der Waals surface area contributed by atoms with Crippen LogP contribution in [0.15, 0.2) is 10.6 Å². The highest BCUT2D eigenvalue weighted by Gasteiger charge is 2.12. The fourth-order valence-corrected chi connectivity index (χ4v) is 2.31. The topological polar surface area (TPSA) is 55.9 Å². The smallest absolute Gasteiger partial charge is 0.158 e. The van der Waals surface area contributed by atoms with Gasteiger partial charge in [-0.2, -0.15) is 5.10 Å². The van der Waals surface area contributed by atoms with E-state index in [0.29, 0.717) is 6.54 Å². The van der Waals surface area contributed by atoms with E-state index in [1.165, 1.54) is 11.3 Å². The van der Waals surface area contributed by atoms with E-state index in [1.54, 1.807) is 0 Å². The van der Waals surface area contributed by atoms with Gasteiger partial charge in [0.15, 0.2) is 5.76 Å². The van der Waals surface area contributed by atoms with E-state index in [0.717, 1.165) is 36.7 Å². The molecule has 0 bridgehead atoms. The molecule has 0 fully saturated rings. The van der Waals surface area contributed by atoms with E-state index in [9.17, 15) is 0 Å². The third-order valence-electron chi connectivity index (χ3n) is 3.35. The van der Waals surface area contributed by atoms with Gasteiger partial charge in [0.25, 0.3) is 0 Å². The molecule has 0 amide bonds. The van der Waals surface area contributed by atoms with Crippen molar-refractivity contribution < 1.29 is 4.52 Å². The molecule has 0 aliphatic heterocycles. The van der Waals surface area contributed by atoms with Crippen molar-refractivity contribution in [2.24, 2.45) is 0 Å². The van der Waals surface area contributed by atoms with E-state index < -0.39 is 0 Å². The minimum atomic E-state index is 0.645. The van der Waals surface area contributed by atoms with Gasteiger partial charge in [-0.15, -0.1) is 0 Å². The van der Waals surface area contributed by atoms with Crippen molar-refractivity contribution in [1.29, 1.82) is 0 Å². The van der Waals surface area contributed by atoms with Gasteiger partial charge < -0.3 is 9.84 Å². The molecule has 0 radical (unpaired) electrons. The SMILES string of the molecule is CCNCc1cc(Cn2nc(C)c(CC)c2C)on1. The summed E-state index contributed by atoms with van der Waals surface area (Å²) in [5, 5.41) is 11.8. The summed E-state index contributed by atoms with van der Waals surface area (Å²) in [7, 11) is 0. The molecule has 2 heterocycles. The van der Waals surface area contributed by atoms with Gasteiger partial charge in [-0.25, -0.2) is 0 Å². The van der Waals surface area contributed by atoms with Crippen LogP contribution in [0.3, 0.4) is 0 Å². The summed E-state index contributed by atoms with van der Waals surface area (Å²) in [5.41, 5.74) is 4.58. The lowest BCUT2D eigenvalue weighted by Crippen LogP contribution is -2.11. The average molecular weight is 262 g/mol. The van der Waals surface area contributed by atoms with E-state index >= 15 is 0 Å². The number of nitrogens with zero attached hydrogens (tertiary/aromatic N) is 3. The Morgan fingerprint density at radius 3 is 2.74 bits per heavy atom. The lowest BCUT2D eigenvalue weighted by Gasteiger charge is -2.01. The van der Waals surface area contributed by atoms with Crippen molar-refractivity contribution in [2.75, 3.05) is 6.54 Å². The zero-order valence-electron chi connectivity index (χ0n) is 12.2. The van der Waals surface area contributed by atoms with Gasteiger partial charge in [0, 0.05) is 18.3 Å². The number of aromatic nitrogens is 3. The Balaban J connectivity index is 2.10. The summed E-state index contributed by atoms with van der Waals surface area (Å²) in [6, 6.07) is 1.99.